The lowest BCUT2D eigenvalue weighted by molar-refractivity contribution is 0.466. The minimum atomic E-state index is 0.367. The summed E-state index contributed by atoms with van der Waals surface area (Å²) < 4.78 is 5.72. The van der Waals surface area contributed by atoms with E-state index in [2.05, 4.69) is 20.4 Å². The van der Waals surface area contributed by atoms with E-state index in [1.165, 1.54) is 12.4 Å². The Morgan fingerprint density at radius 2 is 2.05 bits per heavy atom. The van der Waals surface area contributed by atoms with E-state index in [4.69, 9.17) is 10.6 Å². The summed E-state index contributed by atoms with van der Waals surface area (Å²) >= 11 is 0. The van der Waals surface area contributed by atoms with E-state index in [0.29, 0.717) is 17.4 Å². The molecule has 6 heteroatoms. The molecular formula is C13H11N5O. The summed E-state index contributed by atoms with van der Waals surface area (Å²) in [5.74, 6) is 6.77. The Hall–Kier alpha value is -2.73. The highest BCUT2D eigenvalue weighted by atomic mass is 16.5. The predicted molar refractivity (Wildman–Crippen MR) is 71.7 cm³/mol. The fourth-order valence-electron chi connectivity index (χ4n) is 1.74. The number of hydrazine groups is 1. The number of hydrogen-bond donors (Lipinski definition) is 2. The van der Waals surface area contributed by atoms with Crippen molar-refractivity contribution in [3.63, 3.8) is 0 Å². The topological polar surface area (TPSA) is 86.0 Å². The Labute approximate surface area is 109 Å². The molecule has 0 amide bonds. The van der Waals surface area contributed by atoms with E-state index in [1.54, 1.807) is 6.20 Å². The molecule has 0 saturated heterocycles. The molecule has 0 radical (unpaired) electrons. The van der Waals surface area contributed by atoms with Crippen LogP contribution in [-0.2, 0) is 0 Å². The number of nitrogens with zero attached hydrogens (tertiary/aromatic N) is 3. The van der Waals surface area contributed by atoms with Crippen LogP contribution in [0.25, 0.3) is 10.9 Å². The molecular weight excluding hydrogens is 242 g/mol. The molecule has 3 rings (SSSR count). The van der Waals surface area contributed by atoms with Crippen LogP contribution in [0.15, 0.2) is 48.9 Å². The molecule has 2 aromatic heterocycles. The van der Waals surface area contributed by atoms with Crippen LogP contribution < -0.4 is 16.0 Å². The van der Waals surface area contributed by atoms with Crippen LogP contribution >= 0.6 is 0 Å². The second-order valence-corrected chi connectivity index (χ2v) is 3.82. The molecule has 3 aromatic rings. The predicted octanol–water partition coefficient (Wildman–Crippen LogP) is 2.10. The zero-order valence-electron chi connectivity index (χ0n) is 9.95. The van der Waals surface area contributed by atoms with Crippen LogP contribution in [0.5, 0.6) is 11.6 Å². The second kappa shape index (κ2) is 4.87. The van der Waals surface area contributed by atoms with Crippen LogP contribution in [0.1, 0.15) is 0 Å². The number of benzene rings is 1. The van der Waals surface area contributed by atoms with Crippen molar-refractivity contribution in [2.75, 3.05) is 5.43 Å². The van der Waals surface area contributed by atoms with Gasteiger partial charge in [0.05, 0.1) is 17.9 Å². The van der Waals surface area contributed by atoms with Crippen LogP contribution in [0, 0.1) is 0 Å². The largest absolute Gasteiger partial charge is 0.437 e. The maximum absolute atomic E-state index is 5.72. The highest BCUT2D eigenvalue weighted by molar-refractivity contribution is 5.85. The second-order valence-electron chi connectivity index (χ2n) is 3.82. The molecule has 0 aliphatic carbocycles. The van der Waals surface area contributed by atoms with Gasteiger partial charge in [0, 0.05) is 11.6 Å². The highest BCUT2D eigenvalue weighted by Gasteiger charge is 2.05. The smallest absolute Gasteiger partial charge is 0.239 e. The van der Waals surface area contributed by atoms with Gasteiger partial charge in [-0.3, -0.25) is 9.97 Å². The van der Waals surface area contributed by atoms with Crippen molar-refractivity contribution in [1.29, 1.82) is 0 Å². The van der Waals surface area contributed by atoms with Crippen molar-refractivity contribution in [2.45, 2.75) is 0 Å². The zero-order chi connectivity index (χ0) is 13.1. The van der Waals surface area contributed by atoms with Gasteiger partial charge in [-0.1, -0.05) is 6.07 Å². The zero-order valence-corrected chi connectivity index (χ0v) is 9.95. The first-order valence-corrected chi connectivity index (χ1v) is 5.67. The van der Waals surface area contributed by atoms with Gasteiger partial charge in [0.25, 0.3) is 0 Å². The van der Waals surface area contributed by atoms with E-state index in [0.717, 1.165) is 10.9 Å². The molecule has 3 N–H and O–H groups in total. The molecule has 0 aliphatic rings. The van der Waals surface area contributed by atoms with Gasteiger partial charge in [-0.05, 0) is 24.3 Å². The fraction of sp³-hybridized carbons (Fsp3) is 0. The quantitative estimate of drug-likeness (QED) is 0.549. The molecule has 1 aromatic carbocycles. The molecule has 0 atom stereocenters. The van der Waals surface area contributed by atoms with Crippen LogP contribution in [-0.4, -0.2) is 15.0 Å². The minimum absolute atomic E-state index is 0.367. The van der Waals surface area contributed by atoms with E-state index < -0.39 is 0 Å². The third kappa shape index (κ3) is 2.29. The van der Waals surface area contributed by atoms with Crippen molar-refractivity contribution in [3.05, 3.63) is 48.9 Å². The van der Waals surface area contributed by atoms with Gasteiger partial charge < -0.3 is 10.2 Å². The van der Waals surface area contributed by atoms with E-state index in [1.807, 2.05) is 30.3 Å². The summed E-state index contributed by atoms with van der Waals surface area (Å²) in [7, 11) is 0. The Bertz CT molecular complexity index is 711. The van der Waals surface area contributed by atoms with Gasteiger partial charge in [-0.15, -0.1) is 0 Å². The lowest BCUT2D eigenvalue weighted by Crippen LogP contribution is -2.09. The van der Waals surface area contributed by atoms with Gasteiger partial charge in [-0.2, -0.15) is 4.98 Å². The van der Waals surface area contributed by atoms with Gasteiger partial charge in [0.2, 0.25) is 5.88 Å². The Morgan fingerprint density at radius 3 is 2.95 bits per heavy atom. The van der Waals surface area contributed by atoms with Crippen molar-refractivity contribution >= 4 is 16.7 Å². The van der Waals surface area contributed by atoms with Crippen molar-refractivity contribution < 1.29 is 4.74 Å². The van der Waals surface area contributed by atoms with Crippen molar-refractivity contribution in [1.82, 2.24) is 15.0 Å². The van der Waals surface area contributed by atoms with Crippen LogP contribution in [0.4, 0.5) is 5.82 Å². The average Bonchev–Trinajstić information content (AvgIpc) is 2.48. The number of rotatable bonds is 3. The number of anilines is 1. The molecule has 2 heterocycles. The maximum atomic E-state index is 5.72. The standard InChI is InChI=1S/C13H11N5O/c14-18-12-7-15-8-13(17-12)19-11-5-1-4-10-9(11)3-2-6-16-10/h1-8H,14H2,(H,17,18). The molecule has 0 unspecified atom stereocenters. The number of pyridine rings is 1. The number of ether oxygens (including phenoxy) is 1. The number of aromatic nitrogens is 3. The van der Waals surface area contributed by atoms with Crippen LogP contribution in [0.2, 0.25) is 0 Å². The number of hydrogen-bond acceptors (Lipinski definition) is 6. The van der Waals surface area contributed by atoms with Crippen molar-refractivity contribution in [3.8, 4) is 11.6 Å². The first kappa shape index (κ1) is 11.4. The number of nitrogen functional groups attached to an aromatic ring is 1. The SMILES string of the molecule is NNc1cncc(Oc2cccc3ncccc23)n1. The first-order valence-electron chi connectivity index (χ1n) is 5.67. The number of nitrogens with two attached hydrogens (primary N) is 1. The van der Waals surface area contributed by atoms with Gasteiger partial charge in [0.15, 0.2) is 5.82 Å². The van der Waals surface area contributed by atoms with E-state index >= 15 is 0 Å². The maximum Gasteiger partial charge on any atom is 0.239 e. The van der Waals surface area contributed by atoms with Gasteiger partial charge in [-0.25, -0.2) is 5.84 Å². The monoisotopic (exact) mass is 253 g/mol. The molecule has 6 nitrogen and oxygen atoms in total. The summed E-state index contributed by atoms with van der Waals surface area (Å²) in [6.07, 6.45) is 4.78. The van der Waals surface area contributed by atoms with E-state index in [9.17, 15) is 0 Å². The summed E-state index contributed by atoms with van der Waals surface area (Å²) in [4.78, 5) is 12.4. The lowest BCUT2D eigenvalue weighted by Gasteiger charge is -2.08. The number of nitrogens with one attached hydrogen (secondary N) is 1. The normalized spacial score (nSPS) is 10.4. The summed E-state index contributed by atoms with van der Waals surface area (Å²) in [6, 6.07) is 9.46. The molecule has 0 fully saturated rings. The first-order chi connectivity index (χ1) is 9.36. The van der Waals surface area contributed by atoms with Crippen molar-refractivity contribution in [2.24, 2.45) is 5.84 Å². The summed E-state index contributed by atoms with van der Waals surface area (Å²) in [6.45, 7) is 0. The molecule has 0 aliphatic heterocycles. The van der Waals surface area contributed by atoms with E-state index in [-0.39, 0.29) is 0 Å². The van der Waals surface area contributed by atoms with Gasteiger partial charge in [0.1, 0.15) is 5.75 Å². The Kier molecular flexibility index (Phi) is 2.91. The molecule has 94 valence electrons. The Balaban J connectivity index is 2.01. The number of fused-ring (bicyclic) bond motifs is 1. The average molecular weight is 253 g/mol. The lowest BCUT2D eigenvalue weighted by atomic mass is 10.2. The molecule has 0 saturated carbocycles. The van der Waals surface area contributed by atoms with Gasteiger partial charge >= 0.3 is 0 Å². The Morgan fingerprint density at radius 1 is 1.11 bits per heavy atom. The summed E-state index contributed by atoms with van der Waals surface area (Å²) in [5, 5.41) is 0.915. The third-order valence-corrected chi connectivity index (χ3v) is 2.58. The summed E-state index contributed by atoms with van der Waals surface area (Å²) in [5.41, 5.74) is 3.29. The molecule has 0 bridgehead atoms. The molecule has 19 heavy (non-hydrogen) atoms. The third-order valence-electron chi connectivity index (χ3n) is 2.58. The highest BCUT2D eigenvalue weighted by Crippen LogP contribution is 2.27. The minimum Gasteiger partial charge on any atom is -0.437 e. The fourth-order valence-corrected chi connectivity index (χ4v) is 1.74. The molecule has 0 spiro atoms. The van der Waals surface area contributed by atoms with Crippen LogP contribution in [0.3, 0.4) is 0 Å².